The number of hydrogen-bond donors (Lipinski definition) is 0. The van der Waals surface area contributed by atoms with Gasteiger partial charge in [0, 0.05) is 25.2 Å². The lowest BCUT2D eigenvalue weighted by molar-refractivity contribution is 0.0604. The van der Waals surface area contributed by atoms with Crippen molar-refractivity contribution in [3.8, 4) is 11.5 Å². The summed E-state index contributed by atoms with van der Waals surface area (Å²) in [5.41, 5.74) is 0.602. The summed E-state index contributed by atoms with van der Waals surface area (Å²) in [6.45, 7) is 8.01. The molecule has 1 unspecified atom stereocenters. The van der Waals surface area contributed by atoms with Crippen molar-refractivity contribution in [2.45, 2.75) is 31.7 Å². The van der Waals surface area contributed by atoms with Crippen LogP contribution in [0.25, 0.3) is 0 Å². The van der Waals surface area contributed by atoms with Gasteiger partial charge < -0.3 is 14.4 Å². The van der Waals surface area contributed by atoms with E-state index in [1.54, 1.807) is 25.3 Å². The maximum absolute atomic E-state index is 13.1. The Hall–Kier alpha value is -2.01. The van der Waals surface area contributed by atoms with Crippen LogP contribution in [0.15, 0.2) is 30.9 Å². The van der Waals surface area contributed by atoms with Crippen LogP contribution in [0.1, 0.15) is 36.0 Å². The lowest BCUT2D eigenvalue weighted by Gasteiger charge is -2.37. The highest BCUT2D eigenvalue weighted by Crippen LogP contribution is 2.28. The first kappa shape index (κ1) is 17.8. The first-order chi connectivity index (χ1) is 12.2. The third kappa shape index (κ3) is 4.15. The van der Waals surface area contributed by atoms with Gasteiger partial charge in [-0.2, -0.15) is 0 Å². The minimum Gasteiger partial charge on any atom is -0.497 e. The minimum atomic E-state index is 0.0469. The molecular formula is C20H28N2O3. The van der Waals surface area contributed by atoms with Gasteiger partial charge in [-0.1, -0.05) is 12.7 Å². The van der Waals surface area contributed by atoms with Crippen molar-refractivity contribution in [1.82, 2.24) is 9.80 Å². The second-order valence-electron chi connectivity index (χ2n) is 6.75. The van der Waals surface area contributed by atoms with Crippen LogP contribution in [0.3, 0.4) is 0 Å². The maximum Gasteiger partial charge on any atom is 0.257 e. The van der Waals surface area contributed by atoms with E-state index in [0.717, 1.165) is 19.5 Å². The predicted molar refractivity (Wildman–Crippen MR) is 98.4 cm³/mol. The number of carbonyl (C=O) groups is 1. The number of amides is 1. The fraction of sp³-hybridized carbons (Fsp3) is 0.550. The van der Waals surface area contributed by atoms with E-state index in [9.17, 15) is 4.79 Å². The number of ether oxygens (including phenoxy) is 2. The second-order valence-corrected chi connectivity index (χ2v) is 6.75. The van der Waals surface area contributed by atoms with Gasteiger partial charge in [0.05, 0.1) is 12.7 Å². The summed E-state index contributed by atoms with van der Waals surface area (Å²) in [5.74, 6) is 1.29. The van der Waals surface area contributed by atoms with E-state index in [1.165, 1.54) is 32.4 Å². The Morgan fingerprint density at radius 1 is 1.28 bits per heavy atom. The van der Waals surface area contributed by atoms with Crippen LogP contribution in [0, 0.1) is 0 Å². The zero-order valence-corrected chi connectivity index (χ0v) is 15.1. The highest BCUT2D eigenvalue weighted by Gasteiger charge is 2.30. The molecule has 0 radical (unpaired) electrons. The molecule has 1 amide bonds. The van der Waals surface area contributed by atoms with Crippen molar-refractivity contribution in [2.24, 2.45) is 0 Å². The van der Waals surface area contributed by atoms with E-state index in [0.29, 0.717) is 29.7 Å². The van der Waals surface area contributed by atoms with E-state index in [2.05, 4.69) is 11.5 Å². The number of rotatable bonds is 6. The van der Waals surface area contributed by atoms with Crippen LogP contribution in [-0.4, -0.2) is 61.6 Å². The Labute approximate surface area is 150 Å². The van der Waals surface area contributed by atoms with Crippen molar-refractivity contribution in [1.29, 1.82) is 0 Å². The average molecular weight is 344 g/mol. The fourth-order valence-electron chi connectivity index (χ4n) is 3.79. The van der Waals surface area contributed by atoms with Crippen LogP contribution in [0.2, 0.25) is 0 Å². The summed E-state index contributed by atoms with van der Waals surface area (Å²) in [6, 6.07) is 5.89. The second kappa shape index (κ2) is 8.39. The van der Waals surface area contributed by atoms with Crippen LogP contribution >= 0.6 is 0 Å². The van der Waals surface area contributed by atoms with E-state index in [-0.39, 0.29) is 5.91 Å². The predicted octanol–water partition coefficient (Wildman–Crippen LogP) is 2.96. The molecule has 2 saturated heterocycles. The quantitative estimate of drug-likeness (QED) is 0.744. The molecule has 3 rings (SSSR count). The molecule has 2 heterocycles. The molecule has 0 spiro atoms. The normalized spacial score (nSPS) is 21.2. The Morgan fingerprint density at radius 2 is 2.08 bits per heavy atom. The zero-order chi connectivity index (χ0) is 17.6. The number of piperidine rings is 1. The molecule has 1 atom stereocenters. The number of likely N-dealkylation sites (tertiary alicyclic amines) is 2. The summed E-state index contributed by atoms with van der Waals surface area (Å²) in [5, 5.41) is 0. The molecule has 0 saturated carbocycles. The molecule has 2 fully saturated rings. The van der Waals surface area contributed by atoms with Gasteiger partial charge in [-0.3, -0.25) is 9.69 Å². The van der Waals surface area contributed by atoms with Crippen LogP contribution in [0.4, 0.5) is 0 Å². The highest BCUT2D eigenvalue weighted by molar-refractivity contribution is 5.97. The first-order valence-electron chi connectivity index (χ1n) is 9.18. The number of methoxy groups -OCH3 is 1. The van der Waals surface area contributed by atoms with Gasteiger partial charge in [0.25, 0.3) is 5.91 Å². The molecule has 0 aliphatic carbocycles. The molecule has 0 bridgehead atoms. The molecule has 1 aromatic rings. The van der Waals surface area contributed by atoms with Crippen LogP contribution in [-0.2, 0) is 0 Å². The van der Waals surface area contributed by atoms with Gasteiger partial charge in [-0.25, -0.2) is 0 Å². The Morgan fingerprint density at radius 3 is 2.80 bits per heavy atom. The summed E-state index contributed by atoms with van der Waals surface area (Å²) >= 11 is 0. The Balaban J connectivity index is 1.75. The molecule has 0 N–H and O–H groups in total. The fourth-order valence-corrected chi connectivity index (χ4v) is 3.79. The molecule has 2 aliphatic rings. The molecule has 5 heteroatoms. The van der Waals surface area contributed by atoms with Gasteiger partial charge in [0.2, 0.25) is 0 Å². The topological polar surface area (TPSA) is 42.0 Å². The number of carbonyl (C=O) groups excluding carboxylic acids is 1. The molecule has 1 aromatic carbocycles. The van der Waals surface area contributed by atoms with Crippen LogP contribution < -0.4 is 9.47 Å². The smallest absolute Gasteiger partial charge is 0.257 e. The van der Waals surface area contributed by atoms with Crippen LogP contribution in [0.5, 0.6) is 11.5 Å². The lowest BCUT2D eigenvalue weighted by atomic mass is 10.0. The average Bonchev–Trinajstić information content (AvgIpc) is 3.20. The van der Waals surface area contributed by atoms with E-state index >= 15 is 0 Å². The first-order valence-corrected chi connectivity index (χ1v) is 9.18. The Bertz CT molecular complexity index is 611. The zero-order valence-electron chi connectivity index (χ0n) is 15.1. The summed E-state index contributed by atoms with van der Waals surface area (Å²) in [7, 11) is 1.61. The third-order valence-electron chi connectivity index (χ3n) is 5.12. The number of hydrogen-bond acceptors (Lipinski definition) is 4. The van der Waals surface area contributed by atoms with E-state index < -0.39 is 0 Å². The summed E-state index contributed by atoms with van der Waals surface area (Å²) < 4.78 is 11.0. The molecule has 2 aliphatic heterocycles. The van der Waals surface area contributed by atoms with Gasteiger partial charge in [0.15, 0.2) is 0 Å². The standard InChI is InChI=1S/C20H28N2O3/c1-3-13-25-19-14-17(24-2)8-9-18(19)20(23)22-12-6-7-16(15-22)21-10-4-5-11-21/h3,8-9,14,16H,1,4-7,10-13,15H2,2H3. The third-order valence-corrected chi connectivity index (χ3v) is 5.12. The van der Waals surface area contributed by atoms with E-state index in [4.69, 9.17) is 9.47 Å². The summed E-state index contributed by atoms with van der Waals surface area (Å²) in [4.78, 5) is 17.6. The minimum absolute atomic E-state index is 0.0469. The number of nitrogens with zero attached hydrogens (tertiary/aromatic N) is 2. The van der Waals surface area contributed by atoms with Gasteiger partial charge >= 0.3 is 0 Å². The van der Waals surface area contributed by atoms with Gasteiger partial charge in [-0.05, 0) is 50.9 Å². The lowest BCUT2D eigenvalue weighted by Crippen LogP contribution is -2.49. The largest absolute Gasteiger partial charge is 0.497 e. The Kier molecular flexibility index (Phi) is 5.97. The molecular weight excluding hydrogens is 316 g/mol. The van der Waals surface area contributed by atoms with Gasteiger partial charge in [-0.15, -0.1) is 0 Å². The summed E-state index contributed by atoms with van der Waals surface area (Å²) in [6.07, 6.45) is 6.49. The van der Waals surface area contributed by atoms with Crippen molar-refractivity contribution in [3.05, 3.63) is 36.4 Å². The molecule has 5 nitrogen and oxygen atoms in total. The monoisotopic (exact) mass is 344 g/mol. The molecule has 0 aromatic heterocycles. The molecule has 136 valence electrons. The highest BCUT2D eigenvalue weighted by atomic mass is 16.5. The van der Waals surface area contributed by atoms with Gasteiger partial charge in [0.1, 0.15) is 18.1 Å². The van der Waals surface area contributed by atoms with Crippen molar-refractivity contribution in [2.75, 3.05) is 39.9 Å². The SMILES string of the molecule is C=CCOc1cc(OC)ccc1C(=O)N1CCCC(N2CCCC2)C1. The van der Waals surface area contributed by atoms with E-state index in [1.807, 2.05) is 11.0 Å². The van der Waals surface area contributed by atoms with Crippen molar-refractivity contribution < 1.29 is 14.3 Å². The van der Waals surface area contributed by atoms with Crippen molar-refractivity contribution in [3.63, 3.8) is 0 Å². The van der Waals surface area contributed by atoms with Crippen molar-refractivity contribution >= 4 is 5.91 Å². The maximum atomic E-state index is 13.1. The molecule has 25 heavy (non-hydrogen) atoms. The number of benzene rings is 1.